The van der Waals surface area contributed by atoms with Gasteiger partial charge in [-0.05, 0) is 54.8 Å². The van der Waals surface area contributed by atoms with Crippen LogP contribution in [0.25, 0.3) is 0 Å². The van der Waals surface area contributed by atoms with Gasteiger partial charge in [0.05, 0.1) is 35.9 Å². The smallest absolute Gasteiger partial charge is 0.416 e. The van der Waals surface area contributed by atoms with Gasteiger partial charge in [-0.15, -0.1) is 0 Å². The third-order valence-corrected chi connectivity index (χ3v) is 7.51. The normalized spacial score (nSPS) is 32.0. The Morgan fingerprint density at radius 1 is 1.00 bits per heavy atom. The third-order valence-electron chi connectivity index (χ3n) is 7.51. The van der Waals surface area contributed by atoms with Crippen molar-refractivity contribution >= 4 is 23.2 Å². The molecule has 33 heavy (non-hydrogen) atoms. The van der Waals surface area contributed by atoms with Crippen LogP contribution in [0.5, 0.6) is 5.75 Å². The molecule has 2 saturated carbocycles. The number of halogens is 3. The first-order valence-corrected chi connectivity index (χ1v) is 10.7. The van der Waals surface area contributed by atoms with Gasteiger partial charge in [-0.2, -0.15) is 13.2 Å². The van der Waals surface area contributed by atoms with Gasteiger partial charge in [0.15, 0.2) is 0 Å². The van der Waals surface area contributed by atoms with Crippen LogP contribution in [0, 0.1) is 29.6 Å². The van der Waals surface area contributed by atoms with E-state index >= 15 is 0 Å². The van der Waals surface area contributed by atoms with Gasteiger partial charge in [0, 0.05) is 17.4 Å². The Bertz CT molecular complexity index is 1190. The summed E-state index contributed by atoms with van der Waals surface area (Å²) >= 11 is 0. The number of amides is 2. The Morgan fingerprint density at radius 2 is 1.70 bits per heavy atom. The van der Waals surface area contributed by atoms with Crippen molar-refractivity contribution in [3.8, 4) is 5.75 Å². The number of methoxy groups -OCH3 is 1. The second-order valence-electron chi connectivity index (χ2n) is 8.98. The van der Waals surface area contributed by atoms with E-state index < -0.39 is 35.4 Å². The molecular formula is C24H19F3N2O4. The van der Waals surface area contributed by atoms with Gasteiger partial charge in [-0.25, -0.2) is 0 Å². The summed E-state index contributed by atoms with van der Waals surface area (Å²) in [7, 11) is 1.58. The summed E-state index contributed by atoms with van der Waals surface area (Å²) in [5.41, 5.74) is 0.670. The lowest BCUT2D eigenvalue weighted by Gasteiger charge is -2.29. The third kappa shape index (κ3) is 2.77. The van der Waals surface area contributed by atoms with E-state index in [1.807, 2.05) is 24.3 Å². The second-order valence-corrected chi connectivity index (χ2v) is 8.98. The lowest BCUT2D eigenvalue weighted by molar-refractivity contribution is -0.137. The standard InChI is InChI=1S/C24H19F3N2O4/c1-32-14-7-5-11(6-8-14)20-19-15-10-16(21(19)33-28-20)18-17(15)22(30)29(23(18)31)13-4-2-3-12(9-13)24(25,26)27/h2-9,15-19,21H,10H2,1H3. The zero-order valence-electron chi connectivity index (χ0n) is 17.5. The summed E-state index contributed by atoms with van der Waals surface area (Å²) in [6, 6.07) is 11.8. The summed E-state index contributed by atoms with van der Waals surface area (Å²) in [5, 5.41) is 4.29. The number of fused-ring (bicyclic) bond motifs is 8. The summed E-state index contributed by atoms with van der Waals surface area (Å²) in [5.74, 6) is -1.84. The zero-order valence-corrected chi connectivity index (χ0v) is 17.5. The molecule has 6 rings (SSSR count). The number of ether oxygens (including phenoxy) is 1. The van der Waals surface area contributed by atoms with E-state index in [1.165, 1.54) is 12.1 Å². The van der Waals surface area contributed by atoms with Crippen molar-refractivity contribution in [2.45, 2.75) is 18.7 Å². The summed E-state index contributed by atoms with van der Waals surface area (Å²) in [6.45, 7) is 0. The van der Waals surface area contributed by atoms with Crippen LogP contribution in [-0.2, 0) is 20.6 Å². The molecular weight excluding hydrogens is 437 g/mol. The first-order valence-electron chi connectivity index (χ1n) is 10.7. The molecule has 3 fully saturated rings. The Morgan fingerprint density at radius 3 is 2.36 bits per heavy atom. The number of imide groups is 1. The van der Waals surface area contributed by atoms with E-state index in [9.17, 15) is 22.8 Å². The molecule has 2 heterocycles. The molecule has 0 N–H and O–H groups in total. The van der Waals surface area contributed by atoms with Crippen molar-refractivity contribution in [2.75, 3.05) is 12.0 Å². The summed E-state index contributed by atoms with van der Waals surface area (Å²) in [6.07, 6.45) is -4.22. The predicted molar refractivity (Wildman–Crippen MR) is 110 cm³/mol. The quantitative estimate of drug-likeness (QED) is 0.658. The van der Waals surface area contributed by atoms with Gasteiger partial charge < -0.3 is 9.57 Å². The van der Waals surface area contributed by atoms with Crippen LogP contribution < -0.4 is 9.64 Å². The molecule has 2 aliphatic heterocycles. The molecule has 0 spiro atoms. The molecule has 6 atom stereocenters. The van der Waals surface area contributed by atoms with Crippen molar-refractivity contribution in [3.63, 3.8) is 0 Å². The highest BCUT2D eigenvalue weighted by Gasteiger charge is 2.70. The fourth-order valence-electron chi connectivity index (χ4n) is 6.20. The monoisotopic (exact) mass is 456 g/mol. The van der Waals surface area contributed by atoms with Crippen LogP contribution in [0.3, 0.4) is 0 Å². The van der Waals surface area contributed by atoms with Crippen LogP contribution in [0.4, 0.5) is 18.9 Å². The second kappa shape index (κ2) is 6.82. The molecule has 6 nitrogen and oxygen atoms in total. The molecule has 170 valence electrons. The molecule has 1 saturated heterocycles. The number of nitrogens with zero attached hydrogens (tertiary/aromatic N) is 2. The summed E-state index contributed by atoms with van der Waals surface area (Å²) in [4.78, 5) is 33.4. The van der Waals surface area contributed by atoms with Crippen molar-refractivity contribution in [2.24, 2.45) is 34.7 Å². The van der Waals surface area contributed by atoms with Crippen LogP contribution in [0.15, 0.2) is 53.7 Å². The molecule has 4 aliphatic rings. The average Bonchev–Trinajstić information content (AvgIpc) is 3.53. The van der Waals surface area contributed by atoms with E-state index in [4.69, 9.17) is 9.57 Å². The topological polar surface area (TPSA) is 68.2 Å². The number of alkyl halides is 3. The van der Waals surface area contributed by atoms with Gasteiger partial charge >= 0.3 is 6.18 Å². The zero-order chi connectivity index (χ0) is 23.1. The Labute approximate surface area is 187 Å². The van der Waals surface area contributed by atoms with E-state index in [-0.39, 0.29) is 29.5 Å². The maximum atomic E-state index is 13.4. The summed E-state index contributed by atoms with van der Waals surface area (Å²) < 4.78 is 44.8. The van der Waals surface area contributed by atoms with E-state index in [1.54, 1.807) is 7.11 Å². The number of hydrogen-bond acceptors (Lipinski definition) is 5. The minimum absolute atomic E-state index is 0.0382. The molecule has 0 aromatic heterocycles. The SMILES string of the molecule is COc1ccc(C2=NOC3C4CC(C23)C2C(=O)N(c3cccc(C(F)(F)F)c3)C(=O)C42)cc1. The lowest BCUT2D eigenvalue weighted by atomic mass is 9.71. The first-order chi connectivity index (χ1) is 15.8. The number of carbonyl (C=O) groups is 2. The van der Waals surface area contributed by atoms with Crippen molar-refractivity contribution < 1.29 is 32.3 Å². The van der Waals surface area contributed by atoms with E-state index in [0.717, 1.165) is 28.3 Å². The number of carbonyl (C=O) groups excluding carboxylic acids is 2. The minimum Gasteiger partial charge on any atom is -0.497 e. The van der Waals surface area contributed by atoms with Crippen molar-refractivity contribution in [1.82, 2.24) is 0 Å². The van der Waals surface area contributed by atoms with Crippen LogP contribution in [0.1, 0.15) is 17.5 Å². The number of oxime groups is 1. The molecule has 9 heteroatoms. The van der Waals surface area contributed by atoms with E-state index in [0.29, 0.717) is 12.2 Å². The fourth-order valence-corrected chi connectivity index (χ4v) is 6.20. The Kier molecular flexibility index (Phi) is 4.19. The Balaban J connectivity index is 1.32. The molecule has 2 aromatic rings. The molecule has 6 unspecified atom stereocenters. The van der Waals surface area contributed by atoms with E-state index in [2.05, 4.69) is 5.16 Å². The highest BCUT2D eigenvalue weighted by atomic mass is 19.4. The average molecular weight is 456 g/mol. The highest BCUT2D eigenvalue weighted by molar-refractivity contribution is 6.23. The molecule has 2 amide bonds. The fraction of sp³-hybridized carbons (Fsp3) is 0.375. The number of anilines is 1. The number of benzene rings is 2. The maximum Gasteiger partial charge on any atom is 0.416 e. The van der Waals surface area contributed by atoms with Gasteiger partial charge in [-0.3, -0.25) is 14.5 Å². The van der Waals surface area contributed by atoms with Gasteiger partial charge in [0.25, 0.3) is 0 Å². The van der Waals surface area contributed by atoms with Crippen LogP contribution in [0.2, 0.25) is 0 Å². The molecule has 2 aliphatic carbocycles. The Hall–Kier alpha value is -3.36. The minimum atomic E-state index is -4.56. The largest absolute Gasteiger partial charge is 0.497 e. The van der Waals surface area contributed by atoms with Crippen molar-refractivity contribution in [3.05, 3.63) is 59.7 Å². The first kappa shape index (κ1) is 20.3. The van der Waals surface area contributed by atoms with Gasteiger partial charge in [-0.1, -0.05) is 11.2 Å². The van der Waals surface area contributed by atoms with Gasteiger partial charge in [0.1, 0.15) is 11.9 Å². The number of hydrogen-bond donors (Lipinski definition) is 0. The predicted octanol–water partition coefficient (Wildman–Crippen LogP) is 3.89. The van der Waals surface area contributed by atoms with Crippen molar-refractivity contribution in [1.29, 1.82) is 0 Å². The molecule has 2 bridgehead atoms. The molecule has 2 aromatic carbocycles. The van der Waals surface area contributed by atoms with Crippen LogP contribution >= 0.6 is 0 Å². The highest BCUT2D eigenvalue weighted by Crippen LogP contribution is 2.62. The van der Waals surface area contributed by atoms with Gasteiger partial charge in [0.2, 0.25) is 11.8 Å². The maximum absolute atomic E-state index is 13.4. The van der Waals surface area contributed by atoms with Crippen LogP contribution in [-0.4, -0.2) is 30.7 Å². The molecule has 0 radical (unpaired) electrons. The lowest BCUT2D eigenvalue weighted by Crippen LogP contribution is -2.41. The number of rotatable bonds is 3.